The molecule has 1 aromatic carbocycles. The van der Waals surface area contributed by atoms with Gasteiger partial charge in [-0.05, 0) is 44.0 Å². The molecule has 0 unspecified atom stereocenters. The van der Waals surface area contributed by atoms with Crippen molar-refractivity contribution in [1.82, 2.24) is 19.1 Å². The fraction of sp³-hybridized carbons (Fsp3) is 0.333. The van der Waals surface area contributed by atoms with E-state index in [1.54, 1.807) is 16.7 Å². The van der Waals surface area contributed by atoms with Crippen molar-refractivity contribution in [2.24, 2.45) is 0 Å². The highest BCUT2D eigenvalue weighted by atomic mass is 32.2. The Hall–Kier alpha value is -2.23. The quantitative estimate of drug-likeness (QED) is 0.654. The minimum absolute atomic E-state index is 0.106. The molecule has 0 aliphatic heterocycles. The molecule has 0 atom stereocenters. The van der Waals surface area contributed by atoms with Gasteiger partial charge in [0.15, 0.2) is 0 Å². The van der Waals surface area contributed by atoms with Crippen molar-refractivity contribution in [1.29, 1.82) is 0 Å². The van der Waals surface area contributed by atoms with E-state index < -0.39 is 10.0 Å². The summed E-state index contributed by atoms with van der Waals surface area (Å²) in [5.74, 6) is 1.05. The predicted octanol–water partition coefficient (Wildman–Crippen LogP) is 2.26. The first-order valence-electron chi connectivity index (χ1n) is 8.77. The van der Waals surface area contributed by atoms with Crippen LogP contribution in [0.1, 0.15) is 29.5 Å². The van der Waals surface area contributed by atoms with Crippen LogP contribution in [-0.4, -0.2) is 29.3 Å². The highest BCUT2D eigenvalue weighted by Crippen LogP contribution is 2.39. The molecule has 1 fully saturated rings. The largest absolute Gasteiger partial charge is 0.350 e. The van der Waals surface area contributed by atoms with Crippen LogP contribution in [0.5, 0.6) is 0 Å². The van der Waals surface area contributed by atoms with E-state index in [2.05, 4.69) is 9.82 Å². The molecule has 142 valence electrons. The van der Waals surface area contributed by atoms with Gasteiger partial charge in [-0.2, -0.15) is 5.10 Å². The third-order valence-corrected chi connectivity index (χ3v) is 7.37. The lowest BCUT2D eigenvalue weighted by Gasteiger charge is -2.04. The monoisotopic (exact) mass is 404 g/mol. The molecule has 0 saturated heterocycles. The molecule has 0 bridgehead atoms. The Kier molecular flexibility index (Phi) is 4.75. The van der Waals surface area contributed by atoms with E-state index in [-0.39, 0.29) is 23.0 Å². The maximum Gasteiger partial charge on any atom is 0.350 e. The van der Waals surface area contributed by atoms with Crippen molar-refractivity contribution in [2.75, 3.05) is 6.54 Å². The van der Waals surface area contributed by atoms with E-state index in [1.165, 1.54) is 16.0 Å². The second-order valence-corrected chi connectivity index (χ2v) is 9.85. The molecule has 1 N–H and O–H groups in total. The Bertz CT molecular complexity index is 1110. The number of hydrogen-bond donors (Lipinski definition) is 1. The zero-order valence-electron chi connectivity index (χ0n) is 14.8. The zero-order valence-corrected chi connectivity index (χ0v) is 16.5. The SMILES string of the molecule is Cc1ccc(S(=O)(=O)NCCn2nc(C3CC3)n(-c3ccccc3)c2=O)s1. The maximum atomic E-state index is 12.8. The number of nitrogens with zero attached hydrogens (tertiary/aromatic N) is 3. The molecule has 3 aromatic rings. The van der Waals surface area contributed by atoms with Crippen LogP contribution in [-0.2, 0) is 16.6 Å². The van der Waals surface area contributed by atoms with E-state index in [0.29, 0.717) is 5.92 Å². The van der Waals surface area contributed by atoms with Gasteiger partial charge in [0.1, 0.15) is 10.0 Å². The number of benzene rings is 1. The van der Waals surface area contributed by atoms with Gasteiger partial charge in [-0.1, -0.05) is 18.2 Å². The van der Waals surface area contributed by atoms with Crippen molar-refractivity contribution >= 4 is 21.4 Å². The molecule has 0 radical (unpaired) electrons. The van der Waals surface area contributed by atoms with Gasteiger partial charge in [0.25, 0.3) is 0 Å². The topological polar surface area (TPSA) is 86.0 Å². The Morgan fingerprint density at radius 3 is 2.56 bits per heavy atom. The average Bonchev–Trinajstić information content (AvgIpc) is 3.31. The number of nitrogens with one attached hydrogen (secondary N) is 1. The molecule has 2 heterocycles. The fourth-order valence-electron chi connectivity index (χ4n) is 2.91. The van der Waals surface area contributed by atoms with Crippen LogP contribution >= 0.6 is 11.3 Å². The highest BCUT2D eigenvalue weighted by molar-refractivity contribution is 7.91. The second kappa shape index (κ2) is 7.06. The molecule has 0 spiro atoms. The first-order valence-corrected chi connectivity index (χ1v) is 11.1. The van der Waals surface area contributed by atoms with E-state index in [1.807, 2.05) is 37.3 Å². The summed E-state index contributed by atoms with van der Waals surface area (Å²) in [5.41, 5.74) is 0.541. The summed E-state index contributed by atoms with van der Waals surface area (Å²) in [6.07, 6.45) is 2.04. The van der Waals surface area contributed by atoms with Crippen molar-refractivity contribution in [3.63, 3.8) is 0 Å². The van der Waals surface area contributed by atoms with Gasteiger partial charge in [-0.15, -0.1) is 11.3 Å². The third kappa shape index (κ3) is 3.76. The minimum atomic E-state index is -3.56. The van der Waals surface area contributed by atoms with E-state index >= 15 is 0 Å². The number of thiophene rings is 1. The van der Waals surface area contributed by atoms with Gasteiger partial charge >= 0.3 is 5.69 Å². The summed E-state index contributed by atoms with van der Waals surface area (Å²) in [6.45, 7) is 2.15. The van der Waals surface area contributed by atoms with E-state index in [0.717, 1.165) is 29.2 Å². The molecule has 1 aliphatic rings. The lowest BCUT2D eigenvalue weighted by atomic mass is 10.3. The predicted molar refractivity (Wildman–Crippen MR) is 104 cm³/mol. The summed E-state index contributed by atoms with van der Waals surface area (Å²) < 4.78 is 30.5. The lowest BCUT2D eigenvalue weighted by molar-refractivity contribution is 0.551. The van der Waals surface area contributed by atoms with Gasteiger partial charge in [0.2, 0.25) is 10.0 Å². The van der Waals surface area contributed by atoms with Crippen molar-refractivity contribution < 1.29 is 8.42 Å². The minimum Gasteiger partial charge on any atom is -0.247 e. The molecular weight excluding hydrogens is 384 g/mol. The van der Waals surface area contributed by atoms with Crippen LogP contribution in [0, 0.1) is 6.92 Å². The first-order chi connectivity index (χ1) is 13.0. The molecule has 0 amide bonds. The number of para-hydroxylation sites is 1. The van der Waals surface area contributed by atoms with Crippen LogP contribution in [0.25, 0.3) is 5.69 Å². The molecule has 4 rings (SSSR count). The fourth-order valence-corrected chi connectivity index (χ4v) is 5.26. The number of hydrogen-bond acceptors (Lipinski definition) is 5. The maximum absolute atomic E-state index is 12.8. The average molecular weight is 405 g/mol. The Balaban J connectivity index is 1.54. The van der Waals surface area contributed by atoms with Crippen molar-refractivity contribution in [3.05, 3.63) is 63.7 Å². The summed E-state index contributed by atoms with van der Waals surface area (Å²) in [4.78, 5) is 13.8. The second-order valence-electron chi connectivity index (χ2n) is 6.57. The molecule has 1 aliphatic carbocycles. The molecule has 1 saturated carbocycles. The third-order valence-electron chi connectivity index (χ3n) is 4.42. The first kappa shape index (κ1) is 18.1. The van der Waals surface area contributed by atoms with Gasteiger partial charge in [-0.3, -0.25) is 0 Å². The zero-order chi connectivity index (χ0) is 19.0. The number of sulfonamides is 1. The lowest BCUT2D eigenvalue weighted by Crippen LogP contribution is -2.31. The Morgan fingerprint density at radius 2 is 1.93 bits per heavy atom. The molecule has 9 heteroatoms. The van der Waals surface area contributed by atoms with Gasteiger partial charge < -0.3 is 0 Å². The van der Waals surface area contributed by atoms with Crippen molar-refractivity contribution in [3.8, 4) is 5.69 Å². The van der Waals surface area contributed by atoms with Crippen LogP contribution in [0.4, 0.5) is 0 Å². The van der Waals surface area contributed by atoms with Gasteiger partial charge in [0, 0.05) is 17.3 Å². The number of rotatable bonds is 7. The smallest absolute Gasteiger partial charge is 0.247 e. The molecular formula is C18H20N4O3S2. The number of aryl methyl sites for hydroxylation is 1. The molecule has 2 aromatic heterocycles. The Labute approximate surface area is 161 Å². The van der Waals surface area contributed by atoms with Crippen LogP contribution < -0.4 is 10.4 Å². The van der Waals surface area contributed by atoms with Crippen LogP contribution in [0.2, 0.25) is 0 Å². The van der Waals surface area contributed by atoms with Gasteiger partial charge in [0.05, 0.1) is 12.2 Å². The van der Waals surface area contributed by atoms with Crippen molar-refractivity contribution in [2.45, 2.75) is 36.4 Å². The molecule has 7 nitrogen and oxygen atoms in total. The summed E-state index contributed by atoms with van der Waals surface area (Å²) >= 11 is 1.22. The van der Waals surface area contributed by atoms with Crippen LogP contribution in [0.3, 0.4) is 0 Å². The van der Waals surface area contributed by atoms with E-state index in [9.17, 15) is 13.2 Å². The Morgan fingerprint density at radius 1 is 1.19 bits per heavy atom. The summed E-state index contributed by atoms with van der Waals surface area (Å²) in [5, 5.41) is 4.48. The highest BCUT2D eigenvalue weighted by Gasteiger charge is 2.31. The summed E-state index contributed by atoms with van der Waals surface area (Å²) in [6, 6.07) is 12.8. The van der Waals surface area contributed by atoms with Gasteiger partial charge in [-0.25, -0.2) is 27.2 Å². The van der Waals surface area contributed by atoms with Crippen LogP contribution in [0.15, 0.2) is 51.5 Å². The normalized spacial score (nSPS) is 14.6. The standard InChI is InChI=1S/C18H20N4O3S2/c1-13-7-10-16(26-13)27(24,25)19-11-12-21-18(23)22(15-5-3-2-4-6-15)17(20-21)14-8-9-14/h2-7,10,14,19H,8-9,11-12H2,1H3. The summed E-state index contributed by atoms with van der Waals surface area (Å²) in [7, 11) is -3.56. The molecule has 27 heavy (non-hydrogen) atoms. The number of aromatic nitrogens is 3. The van der Waals surface area contributed by atoms with E-state index in [4.69, 9.17) is 0 Å².